The normalized spacial score (nSPS) is 13.7. The van der Waals surface area contributed by atoms with Crippen LogP contribution in [-0.2, 0) is 0 Å². The smallest absolute Gasteiger partial charge is 0.308 e. The summed E-state index contributed by atoms with van der Waals surface area (Å²) in [7, 11) is 0. The van der Waals surface area contributed by atoms with Crippen molar-refractivity contribution in [3.05, 3.63) is 59.2 Å². The lowest BCUT2D eigenvalue weighted by Gasteiger charge is -2.29. The largest absolute Gasteiger partial charge is 0.323 e. The van der Waals surface area contributed by atoms with Gasteiger partial charge < -0.3 is 10.6 Å². The predicted molar refractivity (Wildman–Crippen MR) is 110 cm³/mol. The molecule has 0 bridgehead atoms. The minimum Gasteiger partial charge on any atom is -0.308 e. The lowest BCUT2D eigenvalue weighted by atomic mass is 10.0. The Labute approximate surface area is 164 Å². The van der Waals surface area contributed by atoms with Gasteiger partial charge in [-0.3, -0.25) is 14.5 Å². The zero-order chi connectivity index (χ0) is 20.6. The topological polar surface area (TPSA) is 78.5 Å². The molecule has 146 valence electrons. The molecule has 3 rings (SSSR count). The number of anilines is 2. The molecule has 1 aliphatic rings. The second-order valence-corrected chi connectivity index (χ2v) is 8.20. The third-order valence-electron chi connectivity index (χ3n) is 4.65. The summed E-state index contributed by atoms with van der Waals surface area (Å²) in [6.07, 6.45) is 0. The molecule has 2 aromatic rings. The molecule has 2 N–H and O–H groups in total. The molecule has 4 amide bonds. The number of hydrogen-bond donors (Lipinski definition) is 2. The lowest BCUT2D eigenvalue weighted by Crippen LogP contribution is -2.45. The third-order valence-corrected chi connectivity index (χ3v) is 4.65. The first-order valence-electron chi connectivity index (χ1n) is 9.29. The Morgan fingerprint density at radius 2 is 1.57 bits per heavy atom. The number of hydrogen-bond acceptors (Lipinski definition) is 3. The first-order chi connectivity index (χ1) is 13.1. The number of rotatable bonds is 3. The van der Waals surface area contributed by atoms with Crippen molar-refractivity contribution < 1.29 is 14.4 Å². The van der Waals surface area contributed by atoms with E-state index in [0.717, 1.165) is 11.3 Å². The van der Waals surface area contributed by atoms with Gasteiger partial charge in [0, 0.05) is 16.9 Å². The summed E-state index contributed by atoms with van der Waals surface area (Å²) in [6, 6.07) is 12.0. The van der Waals surface area contributed by atoms with Crippen LogP contribution in [0.15, 0.2) is 42.5 Å². The average Bonchev–Trinajstić information content (AvgIpc) is 2.85. The van der Waals surface area contributed by atoms with Gasteiger partial charge in [-0.1, -0.05) is 32.0 Å². The van der Waals surface area contributed by atoms with Crippen LogP contribution in [-0.4, -0.2) is 28.3 Å². The number of amides is 4. The Bertz CT molecular complexity index is 958. The maximum atomic E-state index is 12.7. The molecule has 28 heavy (non-hydrogen) atoms. The molecular weight excluding hydrogens is 354 g/mol. The zero-order valence-electron chi connectivity index (χ0n) is 16.8. The van der Waals surface area contributed by atoms with Gasteiger partial charge in [0.15, 0.2) is 0 Å². The number of nitrogens with zero attached hydrogens (tertiary/aromatic N) is 1. The Morgan fingerprint density at radius 3 is 2.21 bits per heavy atom. The van der Waals surface area contributed by atoms with E-state index in [0.29, 0.717) is 16.8 Å². The highest BCUT2D eigenvalue weighted by Gasteiger charge is 2.41. The van der Waals surface area contributed by atoms with Crippen LogP contribution >= 0.6 is 0 Å². The number of carbonyl (C=O) groups is 3. The Kier molecular flexibility index (Phi) is 4.98. The summed E-state index contributed by atoms with van der Waals surface area (Å²) in [6.45, 7) is 9.55. The van der Waals surface area contributed by atoms with Crippen LogP contribution in [0.1, 0.15) is 66.8 Å². The van der Waals surface area contributed by atoms with Crippen LogP contribution in [0.25, 0.3) is 0 Å². The van der Waals surface area contributed by atoms with Crippen molar-refractivity contribution in [1.29, 1.82) is 0 Å². The minimum absolute atomic E-state index is 0.267. The molecule has 1 heterocycles. The summed E-state index contributed by atoms with van der Waals surface area (Å²) < 4.78 is 0. The first-order valence-corrected chi connectivity index (χ1v) is 9.29. The van der Waals surface area contributed by atoms with E-state index in [-0.39, 0.29) is 17.7 Å². The number of para-hydroxylation sites is 1. The second-order valence-electron chi connectivity index (χ2n) is 8.20. The van der Waals surface area contributed by atoms with E-state index in [9.17, 15) is 14.4 Å². The van der Waals surface area contributed by atoms with Gasteiger partial charge in [0.25, 0.3) is 11.8 Å². The molecule has 0 aliphatic carbocycles. The molecule has 0 fully saturated rings. The minimum atomic E-state index is -0.612. The van der Waals surface area contributed by atoms with Gasteiger partial charge in [0.2, 0.25) is 0 Å². The van der Waals surface area contributed by atoms with Crippen molar-refractivity contribution >= 4 is 29.2 Å². The maximum Gasteiger partial charge on any atom is 0.323 e. The van der Waals surface area contributed by atoms with Crippen molar-refractivity contribution in [2.45, 2.75) is 46.1 Å². The van der Waals surface area contributed by atoms with Crippen molar-refractivity contribution in [1.82, 2.24) is 4.90 Å². The number of carbonyl (C=O) groups excluding carboxylic acids is 3. The van der Waals surface area contributed by atoms with Crippen LogP contribution in [0.4, 0.5) is 16.2 Å². The van der Waals surface area contributed by atoms with Crippen LogP contribution in [0.3, 0.4) is 0 Å². The molecule has 0 radical (unpaired) electrons. The average molecular weight is 379 g/mol. The summed E-state index contributed by atoms with van der Waals surface area (Å²) in [5.74, 6) is -0.389. The van der Waals surface area contributed by atoms with E-state index in [1.807, 2.05) is 45.0 Å². The molecule has 0 saturated carbocycles. The van der Waals surface area contributed by atoms with Gasteiger partial charge in [0.05, 0.1) is 11.1 Å². The molecule has 1 aliphatic heterocycles. The Hall–Kier alpha value is -3.15. The molecule has 6 heteroatoms. The molecule has 0 atom stereocenters. The number of fused-ring (bicyclic) bond motifs is 1. The van der Waals surface area contributed by atoms with Crippen LogP contribution < -0.4 is 10.6 Å². The Morgan fingerprint density at radius 1 is 0.929 bits per heavy atom. The highest BCUT2D eigenvalue weighted by atomic mass is 16.2. The molecule has 0 spiro atoms. The van der Waals surface area contributed by atoms with Gasteiger partial charge in [-0.05, 0) is 56.5 Å². The quantitative estimate of drug-likeness (QED) is 0.749. The van der Waals surface area contributed by atoms with E-state index in [1.165, 1.54) is 4.90 Å². The third kappa shape index (κ3) is 3.63. The van der Waals surface area contributed by atoms with Gasteiger partial charge in [-0.25, -0.2) is 4.79 Å². The van der Waals surface area contributed by atoms with Gasteiger partial charge in [0.1, 0.15) is 0 Å². The highest BCUT2D eigenvalue weighted by molar-refractivity contribution is 6.22. The van der Waals surface area contributed by atoms with Gasteiger partial charge >= 0.3 is 6.03 Å². The van der Waals surface area contributed by atoms with Crippen LogP contribution in [0.2, 0.25) is 0 Å². The number of imide groups is 1. The predicted octanol–water partition coefficient (Wildman–Crippen LogP) is 4.85. The highest BCUT2D eigenvalue weighted by Crippen LogP contribution is 2.31. The number of urea groups is 1. The van der Waals surface area contributed by atoms with E-state index in [2.05, 4.69) is 24.5 Å². The molecule has 6 nitrogen and oxygen atoms in total. The lowest BCUT2D eigenvalue weighted by molar-refractivity contribution is 0.0507. The van der Waals surface area contributed by atoms with Crippen molar-refractivity contribution in [2.24, 2.45) is 0 Å². The maximum absolute atomic E-state index is 12.7. The summed E-state index contributed by atoms with van der Waals surface area (Å²) in [4.78, 5) is 38.9. The van der Waals surface area contributed by atoms with E-state index in [4.69, 9.17) is 0 Å². The monoisotopic (exact) mass is 379 g/mol. The molecule has 0 unspecified atom stereocenters. The summed E-state index contributed by atoms with van der Waals surface area (Å²) in [5.41, 5.74) is 2.28. The fourth-order valence-corrected chi connectivity index (χ4v) is 3.33. The molecule has 2 aromatic carbocycles. The summed E-state index contributed by atoms with van der Waals surface area (Å²) in [5, 5.41) is 5.59. The SMILES string of the molecule is CC(C)c1ccccc1NC(=O)Nc1ccc2c(c1)C(=O)N(C(C)(C)C)C2=O. The molecule has 0 aromatic heterocycles. The van der Waals surface area contributed by atoms with E-state index < -0.39 is 11.6 Å². The fraction of sp³-hybridized carbons (Fsp3) is 0.318. The zero-order valence-corrected chi connectivity index (χ0v) is 16.8. The van der Waals surface area contributed by atoms with Crippen LogP contribution in [0.5, 0.6) is 0 Å². The van der Waals surface area contributed by atoms with Gasteiger partial charge in [-0.2, -0.15) is 0 Å². The van der Waals surface area contributed by atoms with E-state index >= 15 is 0 Å². The second kappa shape index (κ2) is 7.11. The number of nitrogens with one attached hydrogen (secondary N) is 2. The van der Waals surface area contributed by atoms with Crippen LogP contribution in [0, 0.1) is 0 Å². The fourth-order valence-electron chi connectivity index (χ4n) is 3.33. The molecule has 0 saturated heterocycles. The molecular formula is C22H25N3O3. The van der Waals surface area contributed by atoms with Crippen molar-refractivity contribution in [3.8, 4) is 0 Å². The van der Waals surface area contributed by atoms with E-state index in [1.54, 1.807) is 18.2 Å². The van der Waals surface area contributed by atoms with Crippen molar-refractivity contribution in [2.75, 3.05) is 10.6 Å². The summed E-state index contributed by atoms with van der Waals surface area (Å²) >= 11 is 0. The number of benzene rings is 2. The van der Waals surface area contributed by atoms with Crippen molar-refractivity contribution in [3.63, 3.8) is 0 Å². The Balaban J connectivity index is 1.80. The first kappa shape index (κ1) is 19.6. The van der Waals surface area contributed by atoms with Gasteiger partial charge in [-0.15, -0.1) is 0 Å². The standard InChI is InChI=1S/C22H25N3O3/c1-13(2)15-8-6-7-9-18(15)24-21(28)23-14-10-11-16-17(12-14)20(27)25(19(16)26)22(3,4)5/h6-13H,1-5H3,(H2,23,24,28).